The lowest BCUT2D eigenvalue weighted by Gasteiger charge is -2.28. The molecule has 0 saturated heterocycles. The largest absolute Gasteiger partial charge is 0.351 e. The molecule has 2 rings (SSSR count). The molecule has 0 unspecified atom stereocenters. The van der Waals surface area contributed by atoms with Gasteiger partial charge >= 0.3 is 0 Å². The summed E-state index contributed by atoms with van der Waals surface area (Å²) in [6, 6.07) is 0.920. The average Bonchev–Trinajstić information content (AvgIpc) is 3.10. The van der Waals surface area contributed by atoms with E-state index in [2.05, 4.69) is 10.4 Å². The fourth-order valence-electron chi connectivity index (χ4n) is 1.88. The molecule has 0 bridgehead atoms. The van der Waals surface area contributed by atoms with Crippen LogP contribution in [0.4, 0.5) is 20.4 Å². The van der Waals surface area contributed by atoms with E-state index in [1.165, 1.54) is 0 Å². The van der Waals surface area contributed by atoms with Crippen molar-refractivity contribution < 1.29 is 8.78 Å². The van der Waals surface area contributed by atoms with Gasteiger partial charge in [-0.15, -0.1) is 0 Å². The molecular formula is C12H18F2N4. The second kappa shape index (κ2) is 5.06. The van der Waals surface area contributed by atoms with E-state index in [4.69, 9.17) is 5.84 Å². The highest BCUT2D eigenvalue weighted by Gasteiger charge is 2.28. The number of pyridine rings is 1. The summed E-state index contributed by atoms with van der Waals surface area (Å²) in [5.41, 5.74) is 2.15. The maximum atomic E-state index is 13.8. The predicted octanol–water partition coefficient (Wildman–Crippen LogP) is 2.27. The summed E-state index contributed by atoms with van der Waals surface area (Å²) in [5.74, 6) is 4.35. The minimum atomic E-state index is -0.783. The Kier molecular flexibility index (Phi) is 3.65. The third kappa shape index (κ3) is 2.69. The first-order chi connectivity index (χ1) is 8.52. The molecule has 0 aromatic carbocycles. The molecule has 0 spiro atoms. The van der Waals surface area contributed by atoms with E-state index in [1.807, 2.05) is 18.7 Å². The molecule has 6 heteroatoms. The zero-order valence-corrected chi connectivity index (χ0v) is 10.6. The van der Waals surface area contributed by atoms with Crippen LogP contribution in [0.15, 0.2) is 6.07 Å². The van der Waals surface area contributed by atoms with Gasteiger partial charge in [0.1, 0.15) is 0 Å². The highest BCUT2D eigenvalue weighted by atomic mass is 19.1. The minimum absolute atomic E-state index is 0.101. The van der Waals surface area contributed by atoms with Crippen LogP contribution in [0.3, 0.4) is 0 Å². The van der Waals surface area contributed by atoms with Crippen molar-refractivity contribution in [3.05, 3.63) is 17.7 Å². The summed E-state index contributed by atoms with van der Waals surface area (Å²) in [4.78, 5) is 5.79. The number of nitrogens with zero attached hydrogens (tertiary/aromatic N) is 2. The van der Waals surface area contributed by atoms with Gasteiger partial charge in [-0.05, 0) is 32.6 Å². The lowest BCUT2D eigenvalue weighted by atomic mass is 10.2. The summed E-state index contributed by atoms with van der Waals surface area (Å²) < 4.78 is 27.1. The second-order valence-electron chi connectivity index (χ2n) is 4.96. The van der Waals surface area contributed by atoms with Crippen LogP contribution in [0.5, 0.6) is 0 Å². The Balaban J connectivity index is 2.32. The molecule has 100 valence electrons. The molecule has 1 fully saturated rings. The van der Waals surface area contributed by atoms with E-state index in [0.717, 1.165) is 25.5 Å². The quantitative estimate of drug-likeness (QED) is 0.627. The van der Waals surface area contributed by atoms with Crippen LogP contribution in [-0.4, -0.2) is 17.6 Å². The summed E-state index contributed by atoms with van der Waals surface area (Å²) in [6.45, 7) is 4.67. The van der Waals surface area contributed by atoms with Crippen molar-refractivity contribution in [2.75, 3.05) is 16.9 Å². The highest BCUT2D eigenvalue weighted by Crippen LogP contribution is 2.33. The monoisotopic (exact) mass is 256 g/mol. The molecule has 1 aromatic heterocycles. The maximum Gasteiger partial charge on any atom is 0.178 e. The highest BCUT2D eigenvalue weighted by molar-refractivity contribution is 5.49. The molecule has 1 aliphatic carbocycles. The Labute approximate surface area is 105 Å². The van der Waals surface area contributed by atoms with E-state index in [0.29, 0.717) is 5.92 Å². The first-order valence-corrected chi connectivity index (χ1v) is 6.12. The zero-order chi connectivity index (χ0) is 13.3. The van der Waals surface area contributed by atoms with Crippen LogP contribution in [-0.2, 0) is 0 Å². The molecule has 0 radical (unpaired) electrons. The second-order valence-corrected chi connectivity index (χ2v) is 4.96. The topological polar surface area (TPSA) is 54.2 Å². The van der Waals surface area contributed by atoms with Crippen molar-refractivity contribution in [2.45, 2.75) is 32.7 Å². The van der Waals surface area contributed by atoms with E-state index in [9.17, 15) is 8.78 Å². The molecule has 1 aliphatic rings. The van der Waals surface area contributed by atoms with Crippen LogP contribution in [0, 0.1) is 17.6 Å². The molecule has 18 heavy (non-hydrogen) atoms. The van der Waals surface area contributed by atoms with Crippen LogP contribution in [0.1, 0.15) is 26.7 Å². The number of hydrogen-bond acceptors (Lipinski definition) is 4. The third-order valence-corrected chi connectivity index (χ3v) is 3.09. The molecule has 1 aromatic rings. The third-order valence-electron chi connectivity index (χ3n) is 3.09. The lowest BCUT2D eigenvalue weighted by Crippen LogP contribution is -2.34. The van der Waals surface area contributed by atoms with Gasteiger partial charge in [0.05, 0.1) is 0 Å². The number of halogens is 2. The summed E-state index contributed by atoms with van der Waals surface area (Å²) in [7, 11) is 0. The van der Waals surface area contributed by atoms with Crippen LogP contribution < -0.4 is 16.2 Å². The van der Waals surface area contributed by atoms with Gasteiger partial charge in [0, 0.05) is 18.7 Å². The predicted molar refractivity (Wildman–Crippen MR) is 67.2 cm³/mol. The SMILES string of the molecule is CC(C)N(CC1CC1)c1nc(NN)c(F)cc1F. The molecule has 1 heterocycles. The van der Waals surface area contributed by atoms with Crippen molar-refractivity contribution in [1.29, 1.82) is 0 Å². The zero-order valence-electron chi connectivity index (χ0n) is 10.6. The molecule has 1 saturated carbocycles. The number of aromatic nitrogens is 1. The number of hydrogen-bond donors (Lipinski definition) is 2. The van der Waals surface area contributed by atoms with Crippen LogP contribution in [0.2, 0.25) is 0 Å². The Hall–Kier alpha value is -1.43. The molecule has 0 aliphatic heterocycles. The van der Waals surface area contributed by atoms with Gasteiger partial charge in [0.25, 0.3) is 0 Å². The number of rotatable bonds is 5. The van der Waals surface area contributed by atoms with Crippen molar-refractivity contribution in [3.63, 3.8) is 0 Å². The van der Waals surface area contributed by atoms with Crippen LogP contribution in [0.25, 0.3) is 0 Å². The fraction of sp³-hybridized carbons (Fsp3) is 0.583. The lowest BCUT2D eigenvalue weighted by molar-refractivity contribution is 0.553. The standard InChI is InChI=1S/C12H18F2N4/c1-7(2)18(6-8-3-4-8)12-10(14)5-9(13)11(16-12)17-15/h5,7-8H,3-4,6,15H2,1-2H3,(H,16,17). The van der Waals surface area contributed by atoms with E-state index in [1.54, 1.807) is 0 Å². The van der Waals surface area contributed by atoms with Crippen molar-refractivity contribution >= 4 is 11.6 Å². The first-order valence-electron chi connectivity index (χ1n) is 6.12. The van der Waals surface area contributed by atoms with Crippen LogP contribution >= 0.6 is 0 Å². The van der Waals surface area contributed by atoms with Gasteiger partial charge in [-0.25, -0.2) is 19.6 Å². The van der Waals surface area contributed by atoms with Gasteiger partial charge in [0.2, 0.25) is 0 Å². The van der Waals surface area contributed by atoms with Crippen molar-refractivity contribution in [2.24, 2.45) is 11.8 Å². The van der Waals surface area contributed by atoms with Gasteiger partial charge in [-0.1, -0.05) is 0 Å². The minimum Gasteiger partial charge on any atom is -0.351 e. The molecule has 3 N–H and O–H groups in total. The summed E-state index contributed by atoms with van der Waals surface area (Å²) >= 11 is 0. The van der Waals surface area contributed by atoms with E-state index < -0.39 is 11.6 Å². The number of nitrogens with two attached hydrogens (primary N) is 1. The van der Waals surface area contributed by atoms with Gasteiger partial charge in [-0.3, -0.25) is 0 Å². The molecule has 0 amide bonds. The number of nitrogen functional groups attached to an aromatic ring is 1. The number of nitrogens with one attached hydrogen (secondary N) is 1. The number of hydrazine groups is 1. The summed E-state index contributed by atoms with van der Waals surface area (Å²) in [5, 5.41) is 0. The number of anilines is 2. The molecule has 4 nitrogen and oxygen atoms in total. The van der Waals surface area contributed by atoms with Gasteiger partial charge < -0.3 is 10.3 Å². The summed E-state index contributed by atoms with van der Waals surface area (Å²) in [6.07, 6.45) is 2.32. The molecular weight excluding hydrogens is 238 g/mol. The van der Waals surface area contributed by atoms with Gasteiger partial charge in [-0.2, -0.15) is 0 Å². The Morgan fingerprint density at radius 3 is 2.61 bits per heavy atom. The Morgan fingerprint density at radius 2 is 2.11 bits per heavy atom. The van der Waals surface area contributed by atoms with Crippen molar-refractivity contribution in [1.82, 2.24) is 4.98 Å². The van der Waals surface area contributed by atoms with E-state index in [-0.39, 0.29) is 17.7 Å². The Morgan fingerprint density at radius 1 is 1.44 bits per heavy atom. The average molecular weight is 256 g/mol. The van der Waals surface area contributed by atoms with Crippen molar-refractivity contribution in [3.8, 4) is 0 Å². The first kappa shape index (κ1) is 13.0. The smallest absolute Gasteiger partial charge is 0.178 e. The van der Waals surface area contributed by atoms with E-state index >= 15 is 0 Å². The Bertz CT molecular complexity index is 432. The fourth-order valence-corrected chi connectivity index (χ4v) is 1.88. The maximum absolute atomic E-state index is 13.8. The normalized spacial score (nSPS) is 15.0. The van der Waals surface area contributed by atoms with Gasteiger partial charge in [0.15, 0.2) is 23.3 Å². The molecule has 0 atom stereocenters.